The summed E-state index contributed by atoms with van der Waals surface area (Å²) in [7, 11) is -2.64. The summed E-state index contributed by atoms with van der Waals surface area (Å²) in [6.45, 7) is 2.88. The van der Waals surface area contributed by atoms with Crippen molar-refractivity contribution in [3.05, 3.63) is 84.1 Å². The van der Waals surface area contributed by atoms with Crippen LogP contribution in [0.15, 0.2) is 72.0 Å². The van der Waals surface area contributed by atoms with Gasteiger partial charge in [0.25, 0.3) is 15.9 Å². The summed E-state index contributed by atoms with van der Waals surface area (Å²) in [6.07, 6.45) is 4.51. The van der Waals surface area contributed by atoms with Crippen molar-refractivity contribution < 1.29 is 27.5 Å². The van der Waals surface area contributed by atoms with Gasteiger partial charge < -0.3 is 20.6 Å². The van der Waals surface area contributed by atoms with E-state index in [0.717, 1.165) is 16.0 Å². The molecule has 0 unspecified atom stereocenters. The Morgan fingerprint density at radius 1 is 1.07 bits per heavy atom. The van der Waals surface area contributed by atoms with E-state index >= 15 is 4.39 Å². The molecule has 3 N–H and O–H groups in total. The molecule has 6 rings (SSSR count). The largest absolute Gasteiger partial charge is 0.465 e. The first kappa shape index (κ1) is 29.1. The van der Waals surface area contributed by atoms with Gasteiger partial charge in [0, 0.05) is 66.8 Å². The van der Waals surface area contributed by atoms with Crippen molar-refractivity contribution in [1.29, 1.82) is 0 Å². The zero-order valence-electron chi connectivity index (χ0n) is 23.9. The quantitative estimate of drug-likeness (QED) is 0.252. The molecule has 1 atom stereocenters. The third-order valence-electron chi connectivity index (χ3n) is 7.86. The third kappa shape index (κ3) is 5.19. The van der Waals surface area contributed by atoms with Crippen LogP contribution in [0.2, 0.25) is 0 Å². The Bertz CT molecular complexity index is 2040. The molecular weight excluding hydrogens is 587 g/mol. The van der Waals surface area contributed by atoms with Gasteiger partial charge in [0.05, 0.1) is 10.5 Å². The maximum atomic E-state index is 15.8. The Hall–Kier alpha value is -5.04. The number of carbonyl (C=O) groups is 2. The Morgan fingerprint density at radius 2 is 1.84 bits per heavy atom. The van der Waals surface area contributed by atoms with Gasteiger partial charge in [-0.3, -0.25) is 9.78 Å². The molecule has 11 nitrogen and oxygen atoms in total. The second-order valence-corrected chi connectivity index (χ2v) is 12.6. The lowest BCUT2D eigenvalue weighted by Gasteiger charge is -2.34. The molecule has 1 saturated heterocycles. The average Bonchev–Trinajstić information content (AvgIpc) is 3.40. The van der Waals surface area contributed by atoms with Gasteiger partial charge in [-0.1, -0.05) is 17.7 Å². The topological polar surface area (TPSA) is 147 Å². The van der Waals surface area contributed by atoms with Gasteiger partial charge >= 0.3 is 6.09 Å². The molecular formula is C31H29FN6O5S. The SMILES string of the molecule is CNC(=O)c1cnc2c(c1)c(-c1cc(F)c3nccc(N4CCC[C@@H](NC(=O)O)C4)c3c1)cn2S(=O)(=O)c1ccc(C)cc1. The highest BCUT2D eigenvalue weighted by Gasteiger charge is 2.26. The minimum absolute atomic E-state index is 0.0505. The molecule has 0 bridgehead atoms. The van der Waals surface area contributed by atoms with Gasteiger partial charge in [-0.25, -0.2) is 26.6 Å². The van der Waals surface area contributed by atoms with Crippen molar-refractivity contribution in [2.45, 2.75) is 30.7 Å². The monoisotopic (exact) mass is 616 g/mol. The molecule has 2 amide bonds. The molecule has 5 aromatic rings. The number of hydrogen-bond acceptors (Lipinski definition) is 7. The number of benzene rings is 2. The summed E-state index contributed by atoms with van der Waals surface area (Å²) >= 11 is 0. The van der Waals surface area contributed by atoms with Crippen LogP contribution in [0.25, 0.3) is 33.1 Å². The normalized spacial score (nSPS) is 15.4. The summed E-state index contributed by atoms with van der Waals surface area (Å²) in [6, 6.07) is 12.4. The van der Waals surface area contributed by atoms with Crippen LogP contribution >= 0.6 is 0 Å². The van der Waals surface area contributed by atoms with Crippen molar-refractivity contribution in [3.63, 3.8) is 0 Å². The lowest BCUT2D eigenvalue weighted by atomic mass is 10.00. The van der Waals surface area contributed by atoms with Crippen LogP contribution in [0, 0.1) is 12.7 Å². The lowest BCUT2D eigenvalue weighted by molar-refractivity contribution is 0.0962. The molecule has 0 saturated carbocycles. The number of fused-ring (bicyclic) bond motifs is 2. The average molecular weight is 617 g/mol. The van der Waals surface area contributed by atoms with E-state index in [1.54, 1.807) is 24.3 Å². The second kappa shape index (κ2) is 11.2. The summed E-state index contributed by atoms with van der Waals surface area (Å²) in [5.74, 6) is -1.03. The molecule has 1 aliphatic rings. The molecule has 4 heterocycles. The number of amides is 2. The fourth-order valence-electron chi connectivity index (χ4n) is 5.70. The number of rotatable bonds is 6. The van der Waals surface area contributed by atoms with Gasteiger partial charge in [0.15, 0.2) is 5.65 Å². The number of aromatic nitrogens is 3. The summed E-state index contributed by atoms with van der Waals surface area (Å²) in [5, 5.41) is 15.1. The highest BCUT2D eigenvalue weighted by atomic mass is 32.2. The Kier molecular flexibility index (Phi) is 7.41. The maximum absolute atomic E-state index is 15.8. The first-order valence-electron chi connectivity index (χ1n) is 14.0. The predicted molar refractivity (Wildman–Crippen MR) is 164 cm³/mol. The van der Waals surface area contributed by atoms with Crippen LogP contribution in [-0.2, 0) is 10.0 Å². The fraction of sp³-hybridized carbons (Fsp3) is 0.226. The number of aryl methyl sites for hydroxylation is 1. The van der Waals surface area contributed by atoms with Crippen molar-refractivity contribution in [1.82, 2.24) is 24.6 Å². The summed E-state index contributed by atoms with van der Waals surface area (Å²) < 4.78 is 44.5. The fourth-order valence-corrected chi connectivity index (χ4v) is 7.03. The number of piperidine rings is 1. The maximum Gasteiger partial charge on any atom is 0.404 e. The van der Waals surface area contributed by atoms with Crippen molar-refractivity contribution >= 4 is 49.6 Å². The van der Waals surface area contributed by atoms with E-state index in [4.69, 9.17) is 0 Å². The minimum Gasteiger partial charge on any atom is -0.465 e. The smallest absolute Gasteiger partial charge is 0.404 e. The van der Waals surface area contributed by atoms with Crippen LogP contribution in [0.4, 0.5) is 14.9 Å². The minimum atomic E-state index is -4.12. The number of halogens is 1. The van der Waals surface area contributed by atoms with Crippen LogP contribution in [0.1, 0.15) is 28.8 Å². The first-order chi connectivity index (χ1) is 21.1. The number of nitrogens with one attached hydrogen (secondary N) is 2. The standard InChI is InChI=1S/C31H29FN6O5S/c1-18-5-7-22(8-6-18)44(42,43)38-17-25(23-13-20(30(39)33-2)15-35-29(23)38)19-12-24-27(9-10-34-28(24)26(32)14-19)37-11-3-4-21(16-37)36-31(40)41/h5-10,12-15,17,21,36H,3-4,11,16H2,1-2H3,(H,33,39)(H,40,41)/t21-/m1/s1. The van der Waals surface area contributed by atoms with Crippen molar-refractivity contribution in [2.75, 3.05) is 25.0 Å². The van der Waals surface area contributed by atoms with Crippen LogP contribution in [-0.4, -0.2) is 65.6 Å². The summed E-state index contributed by atoms with van der Waals surface area (Å²) in [4.78, 5) is 34.5. The van der Waals surface area contributed by atoms with Gasteiger partial charge in [-0.2, -0.15) is 0 Å². The first-order valence-corrected chi connectivity index (χ1v) is 15.4. The molecule has 1 fully saturated rings. The molecule has 44 heavy (non-hydrogen) atoms. The molecule has 2 aromatic carbocycles. The Balaban J connectivity index is 1.55. The van der Waals surface area contributed by atoms with Crippen LogP contribution in [0.5, 0.6) is 0 Å². The number of pyridine rings is 2. The zero-order valence-corrected chi connectivity index (χ0v) is 24.7. The number of anilines is 1. The molecule has 3 aromatic heterocycles. The van der Waals surface area contributed by atoms with Crippen LogP contribution in [0.3, 0.4) is 0 Å². The van der Waals surface area contributed by atoms with Crippen LogP contribution < -0.4 is 15.5 Å². The van der Waals surface area contributed by atoms with E-state index in [1.165, 1.54) is 49.9 Å². The number of carbonyl (C=O) groups excluding carboxylic acids is 1. The number of nitrogens with zero attached hydrogens (tertiary/aromatic N) is 4. The van der Waals surface area contributed by atoms with Gasteiger partial charge in [-0.05, 0) is 61.7 Å². The Labute approximate surface area is 252 Å². The van der Waals surface area contributed by atoms with Crippen molar-refractivity contribution in [3.8, 4) is 11.1 Å². The highest BCUT2D eigenvalue weighted by molar-refractivity contribution is 7.90. The molecule has 13 heteroatoms. The van der Waals surface area contributed by atoms with E-state index in [1.807, 2.05) is 11.8 Å². The van der Waals surface area contributed by atoms with E-state index in [-0.39, 0.29) is 27.7 Å². The molecule has 0 radical (unpaired) electrons. The second-order valence-electron chi connectivity index (χ2n) is 10.7. The van der Waals surface area contributed by atoms with E-state index in [2.05, 4.69) is 20.6 Å². The third-order valence-corrected chi connectivity index (χ3v) is 9.52. The summed E-state index contributed by atoms with van der Waals surface area (Å²) in [5.41, 5.74) is 2.70. The van der Waals surface area contributed by atoms with E-state index in [9.17, 15) is 23.1 Å². The molecule has 1 aliphatic heterocycles. The van der Waals surface area contributed by atoms with E-state index < -0.39 is 27.8 Å². The van der Waals surface area contributed by atoms with Gasteiger partial charge in [-0.15, -0.1) is 0 Å². The molecule has 0 aliphatic carbocycles. The van der Waals surface area contributed by atoms with E-state index in [0.29, 0.717) is 47.1 Å². The van der Waals surface area contributed by atoms with Crippen molar-refractivity contribution in [2.24, 2.45) is 0 Å². The predicted octanol–water partition coefficient (Wildman–Crippen LogP) is 4.53. The molecule has 0 spiro atoms. The van der Waals surface area contributed by atoms with Gasteiger partial charge in [0.2, 0.25) is 0 Å². The Morgan fingerprint density at radius 3 is 2.57 bits per heavy atom. The number of hydrogen-bond donors (Lipinski definition) is 3. The number of carboxylic acid groups (broad SMARTS) is 1. The zero-order chi connectivity index (χ0) is 31.2. The lowest BCUT2D eigenvalue weighted by Crippen LogP contribution is -2.47. The highest BCUT2D eigenvalue weighted by Crippen LogP contribution is 2.37. The van der Waals surface area contributed by atoms with Gasteiger partial charge in [0.1, 0.15) is 11.3 Å². The molecule has 226 valence electrons.